The normalized spacial score (nSPS) is 11.4. The van der Waals surface area contributed by atoms with E-state index in [0.29, 0.717) is 16.8 Å². The molecule has 0 aliphatic rings. The van der Waals surface area contributed by atoms with Crippen LogP contribution in [0, 0.1) is 12.7 Å². The number of hydrogen-bond acceptors (Lipinski definition) is 3. The number of benzene rings is 2. The van der Waals surface area contributed by atoms with Crippen LogP contribution in [0.3, 0.4) is 0 Å². The van der Waals surface area contributed by atoms with E-state index in [2.05, 4.69) is 9.97 Å². The fourth-order valence-corrected chi connectivity index (χ4v) is 2.34. The molecule has 0 saturated carbocycles. The predicted octanol–water partition coefficient (Wildman–Crippen LogP) is 5.19. The van der Waals surface area contributed by atoms with Crippen molar-refractivity contribution in [2.24, 2.45) is 0 Å². The third kappa shape index (κ3) is 4.36. The van der Waals surface area contributed by atoms with Crippen molar-refractivity contribution in [1.82, 2.24) is 9.97 Å². The second-order valence-electron chi connectivity index (χ2n) is 5.66. The number of aromatic nitrogens is 2. The smallest absolute Gasteiger partial charge is 0.416 e. The van der Waals surface area contributed by atoms with E-state index in [1.807, 2.05) is 0 Å². The maximum atomic E-state index is 13.2. The summed E-state index contributed by atoms with van der Waals surface area (Å²) in [5.41, 5.74) is 0.940. The first-order chi connectivity index (χ1) is 12.3. The lowest BCUT2D eigenvalue weighted by Crippen LogP contribution is -2.04. The molecule has 0 spiro atoms. The molecule has 7 heteroatoms. The minimum atomic E-state index is -4.40. The van der Waals surface area contributed by atoms with Gasteiger partial charge >= 0.3 is 6.18 Å². The van der Waals surface area contributed by atoms with Gasteiger partial charge in [-0.1, -0.05) is 24.3 Å². The van der Waals surface area contributed by atoms with Crippen molar-refractivity contribution in [3.05, 3.63) is 77.2 Å². The fourth-order valence-electron chi connectivity index (χ4n) is 2.34. The second-order valence-corrected chi connectivity index (χ2v) is 5.66. The third-order valence-electron chi connectivity index (χ3n) is 3.58. The van der Waals surface area contributed by atoms with Crippen molar-refractivity contribution in [3.8, 4) is 17.3 Å². The van der Waals surface area contributed by atoms with Gasteiger partial charge in [-0.3, -0.25) is 0 Å². The summed E-state index contributed by atoms with van der Waals surface area (Å²) in [6.45, 7) is 1.84. The summed E-state index contributed by atoms with van der Waals surface area (Å²) in [7, 11) is 0. The highest BCUT2D eigenvalue weighted by atomic mass is 19.4. The first-order valence-corrected chi connectivity index (χ1v) is 7.72. The van der Waals surface area contributed by atoms with Gasteiger partial charge in [-0.25, -0.2) is 9.37 Å². The number of aryl methyl sites for hydroxylation is 1. The lowest BCUT2D eigenvalue weighted by Gasteiger charge is -2.10. The third-order valence-corrected chi connectivity index (χ3v) is 3.58. The first kappa shape index (κ1) is 17.8. The van der Waals surface area contributed by atoms with Crippen LogP contribution in [0.4, 0.5) is 17.6 Å². The molecule has 0 bridgehead atoms. The van der Waals surface area contributed by atoms with Crippen LogP contribution >= 0.6 is 0 Å². The van der Waals surface area contributed by atoms with Crippen molar-refractivity contribution in [2.45, 2.75) is 19.7 Å². The monoisotopic (exact) mass is 362 g/mol. The Balaban J connectivity index is 1.81. The lowest BCUT2D eigenvalue weighted by molar-refractivity contribution is -0.137. The van der Waals surface area contributed by atoms with E-state index < -0.39 is 11.7 Å². The van der Waals surface area contributed by atoms with Gasteiger partial charge in [0, 0.05) is 17.3 Å². The zero-order chi connectivity index (χ0) is 18.7. The Morgan fingerprint density at radius 3 is 2.35 bits per heavy atom. The van der Waals surface area contributed by atoms with E-state index in [-0.39, 0.29) is 24.1 Å². The van der Waals surface area contributed by atoms with Gasteiger partial charge in [0.15, 0.2) is 5.82 Å². The van der Waals surface area contributed by atoms with Gasteiger partial charge in [0.2, 0.25) is 5.88 Å². The standard InChI is InChI=1S/C19H14F4N2O/c1-12-9-17(26-11-13-3-2-4-16(20)10-13)25-18(24-12)14-5-7-15(8-6-14)19(21,22)23/h2-10H,11H2,1H3. The molecule has 2 aromatic carbocycles. The SMILES string of the molecule is Cc1cc(OCc2cccc(F)c2)nc(-c2ccc(C(F)(F)F)cc2)n1. The summed E-state index contributed by atoms with van der Waals surface area (Å²) in [5, 5.41) is 0. The summed E-state index contributed by atoms with van der Waals surface area (Å²) in [6, 6.07) is 12.2. The number of hydrogen-bond donors (Lipinski definition) is 0. The van der Waals surface area contributed by atoms with Crippen molar-refractivity contribution in [3.63, 3.8) is 0 Å². The van der Waals surface area contributed by atoms with Gasteiger partial charge < -0.3 is 4.74 Å². The zero-order valence-electron chi connectivity index (χ0n) is 13.7. The molecule has 3 aromatic rings. The first-order valence-electron chi connectivity index (χ1n) is 7.72. The van der Waals surface area contributed by atoms with E-state index in [9.17, 15) is 17.6 Å². The summed E-state index contributed by atoms with van der Waals surface area (Å²) >= 11 is 0. The fraction of sp³-hybridized carbons (Fsp3) is 0.158. The highest BCUT2D eigenvalue weighted by molar-refractivity contribution is 5.56. The average molecular weight is 362 g/mol. The van der Waals surface area contributed by atoms with Crippen molar-refractivity contribution >= 4 is 0 Å². The van der Waals surface area contributed by atoms with E-state index in [1.165, 1.54) is 24.3 Å². The molecular weight excluding hydrogens is 348 g/mol. The number of ether oxygens (including phenoxy) is 1. The molecule has 1 heterocycles. The Morgan fingerprint density at radius 2 is 1.69 bits per heavy atom. The van der Waals surface area contributed by atoms with Crippen molar-refractivity contribution in [1.29, 1.82) is 0 Å². The van der Waals surface area contributed by atoms with Crippen LogP contribution in [0.15, 0.2) is 54.6 Å². The molecular formula is C19H14F4N2O. The van der Waals surface area contributed by atoms with Gasteiger partial charge in [0.05, 0.1) is 5.56 Å². The largest absolute Gasteiger partial charge is 0.473 e. The zero-order valence-corrected chi connectivity index (χ0v) is 13.7. The summed E-state index contributed by atoms with van der Waals surface area (Å²) in [6.07, 6.45) is -4.40. The van der Waals surface area contributed by atoms with Gasteiger partial charge in [0.25, 0.3) is 0 Å². The Morgan fingerprint density at radius 1 is 0.962 bits per heavy atom. The molecule has 0 amide bonds. The number of rotatable bonds is 4. The molecule has 0 radical (unpaired) electrons. The number of nitrogens with zero attached hydrogens (tertiary/aromatic N) is 2. The minimum absolute atomic E-state index is 0.112. The molecule has 3 rings (SSSR count). The van der Waals surface area contributed by atoms with Crippen molar-refractivity contribution in [2.75, 3.05) is 0 Å². The quantitative estimate of drug-likeness (QED) is 0.599. The lowest BCUT2D eigenvalue weighted by atomic mass is 10.1. The van der Waals surface area contributed by atoms with E-state index >= 15 is 0 Å². The van der Waals surface area contributed by atoms with Crippen LogP contribution in [0.1, 0.15) is 16.8 Å². The molecule has 0 saturated heterocycles. The highest BCUT2D eigenvalue weighted by Crippen LogP contribution is 2.30. The van der Waals surface area contributed by atoms with E-state index in [4.69, 9.17) is 4.74 Å². The Kier molecular flexibility index (Phi) is 4.88. The van der Waals surface area contributed by atoms with Gasteiger partial charge in [-0.15, -0.1) is 0 Å². The molecule has 0 atom stereocenters. The molecule has 0 fully saturated rings. The molecule has 0 N–H and O–H groups in total. The van der Waals surface area contributed by atoms with Crippen LogP contribution in [-0.2, 0) is 12.8 Å². The molecule has 3 nitrogen and oxygen atoms in total. The summed E-state index contributed by atoms with van der Waals surface area (Å²) in [4.78, 5) is 8.46. The number of halogens is 4. The van der Waals surface area contributed by atoms with Gasteiger partial charge in [-0.05, 0) is 36.8 Å². The van der Waals surface area contributed by atoms with Crippen LogP contribution in [0.25, 0.3) is 11.4 Å². The molecule has 0 unspecified atom stereocenters. The Labute approximate surface area is 147 Å². The van der Waals surface area contributed by atoms with Crippen LogP contribution in [0.5, 0.6) is 5.88 Å². The topological polar surface area (TPSA) is 35.0 Å². The summed E-state index contributed by atoms with van der Waals surface area (Å²) in [5.74, 6) is 0.153. The molecule has 134 valence electrons. The van der Waals surface area contributed by atoms with Crippen molar-refractivity contribution < 1.29 is 22.3 Å². The van der Waals surface area contributed by atoms with Crippen LogP contribution in [-0.4, -0.2) is 9.97 Å². The van der Waals surface area contributed by atoms with Crippen LogP contribution < -0.4 is 4.74 Å². The highest BCUT2D eigenvalue weighted by Gasteiger charge is 2.30. The molecule has 0 aliphatic carbocycles. The number of alkyl halides is 3. The van der Waals surface area contributed by atoms with Gasteiger partial charge in [0.1, 0.15) is 12.4 Å². The molecule has 26 heavy (non-hydrogen) atoms. The maximum Gasteiger partial charge on any atom is 0.416 e. The Bertz CT molecular complexity index is 908. The molecule has 0 aliphatic heterocycles. The average Bonchev–Trinajstić information content (AvgIpc) is 2.59. The van der Waals surface area contributed by atoms with E-state index in [1.54, 1.807) is 25.1 Å². The van der Waals surface area contributed by atoms with E-state index in [0.717, 1.165) is 12.1 Å². The predicted molar refractivity (Wildman–Crippen MR) is 87.9 cm³/mol. The summed E-state index contributed by atoms with van der Waals surface area (Å²) < 4.78 is 56.8. The minimum Gasteiger partial charge on any atom is -0.473 e. The maximum absolute atomic E-state index is 13.2. The van der Waals surface area contributed by atoms with Crippen LogP contribution in [0.2, 0.25) is 0 Å². The Hall–Kier alpha value is -2.96. The molecule has 1 aromatic heterocycles. The second kappa shape index (κ2) is 7.11. The van der Waals surface area contributed by atoms with Gasteiger partial charge in [-0.2, -0.15) is 18.2 Å².